The first-order valence-corrected chi connectivity index (χ1v) is 10.0. The van der Waals surface area contributed by atoms with Gasteiger partial charge in [0, 0.05) is 19.6 Å². The molecule has 1 unspecified atom stereocenters. The van der Waals surface area contributed by atoms with Gasteiger partial charge in [-0.05, 0) is 30.9 Å². The zero-order valence-corrected chi connectivity index (χ0v) is 16.3. The van der Waals surface area contributed by atoms with E-state index in [2.05, 4.69) is 10.0 Å². The zero-order chi connectivity index (χ0) is 19.4. The van der Waals surface area contributed by atoms with E-state index in [4.69, 9.17) is 0 Å². The van der Waals surface area contributed by atoms with Crippen molar-refractivity contribution in [3.05, 3.63) is 46.5 Å². The summed E-state index contributed by atoms with van der Waals surface area (Å²) in [5, 5.41) is 2.76. The lowest BCUT2D eigenvalue weighted by molar-refractivity contribution is -0.130. The highest BCUT2D eigenvalue weighted by atomic mass is 32.2. The van der Waals surface area contributed by atoms with Crippen molar-refractivity contribution in [2.75, 3.05) is 13.1 Å². The molecule has 2 N–H and O–H groups in total. The van der Waals surface area contributed by atoms with Gasteiger partial charge in [-0.1, -0.05) is 43.7 Å². The quantitative estimate of drug-likeness (QED) is 0.700. The number of imide groups is 1. The molecule has 2 aliphatic rings. The van der Waals surface area contributed by atoms with Gasteiger partial charge in [0.25, 0.3) is 11.8 Å². The summed E-state index contributed by atoms with van der Waals surface area (Å²) in [5.74, 6) is -0.491. The largest absolute Gasteiger partial charge is 0.334 e. The number of nitrogens with zero attached hydrogens (tertiary/aromatic N) is 2. The topological polar surface area (TPSA) is 81.8 Å². The fourth-order valence-electron chi connectivity index (χ4n) is 3.07. The maximum atomic E-state index is 13.0. The molecule has 7 nitrogen and oxygen atoms in total. The number of urea groups is 1. The molecule has 1 atom stereocenters. The number of hydrogen-bond donors (Lipinski definition) is 2. The number of benzene rings is 1. The fraction of sp³-hybridized carbons (Fsp3) is 0.421. The van der Waals surface area contributed by atoms with Gasteiger partial charge in [0.05, 0.1) is 5.70 Å². The van der Waals surface area contributed by atoms with Crippen LogP contribution < -0.4 is 10.0 Å². The van der Waals surface area contributed by atoms with Crippen molar-refractivity contribution in [3.8, 4) is 0 Å². The summed E-state index contributed by atoms with van der Waals surface area (Å²) in [6.45, 7) is 5.30. The second-order valence-electron chi connectivity index (χ2n) is 6.47. The van der Waals surface area contributed by atoms with Crippen molar-refractivity contribution in [1.29, 1.82) is 0 Å². The van der Waals surface area contributed by atoms with Crippen LogP contribution in [-0.2, 0) is 16.1 Å². The number of carbonyl (C=O) groups is 3. The number of nitrogens with one attached hydrogen (secondary N) is 2. The van der Waals surface area contributed by atoms with Crippen molar-refractivity contribution in [2.24, 2.45) is 0 Å². The van der Waals surface area contributed by atoms with Gasteiger partial charge in [-0.2, -0.15) is 0 Å². The minimum absolute atomic E-state index is 0.188. The van der Waals surface area contributed by atoms with Crippen LogP contribution in [0.2, 0.25) is 0 Å². The summed E-state index contributed by atoms with van der Waals surface area (Å²) in [7, 11) is 0. The van der Waals surface area contributed by atoms with Crippen LogP contribution in [0.3, 0.4) is 0 Å². The summed E-state index contributed by atoms with van der Waals surface area (Å²) in [5.41, 5.74) is 1.40. The number of fused-ring (bicyclic) bond motifs is 1. The second-order valence-corrected chi connectivity index (χ2v) is 7.32. The molecule has 2 aliphatic heterocycles. The molecular weight excluding hydrogens is 364 g/mol. The molecule has 0 radical (unpaired) electrons. The number of likely N-dealkylation sites (N-methyl/N-ethyl adjacent to an activating group) is 1. The first kappa shape index (κ1) is 19.4. The average molecular weight is 388 g/mol. The highest BCUT2D eigenvalue weighted by Gasteiger charge is 2.44. The summed E-state index contributed by atoms with van der Waals surface area (Å²) in [6, 6.07) is 8.59. The summed E-state index contributed by atoms with van der Waals surface area (Å²) < 4.78 is 3.00. The van der Waals surface area contributed by atoms with Gasteiger partial charge in [-0.15, -0.1) is 0 Å². The number of amides is 4. The molecule has 3 rings (SSSR count). The Morgan fingerprint density at radius 1 is 1.22 bits per heavy atom. The van der Waals surface area contributed by atoms with Gasteiger partial charge in [0.2, 0.25) is 0 Å². The van der Waals surface area contributed by atoms with Crippen LogP contribution in [0.5, 0.6) is 0 Å². The van der Waals surface area contributed by atoms with Crippen LogP contribution in [0.4, 0.5) is 4.79 Å². The van der Waals surface area contributed by atoms with Crippen LogP contribution in [0.15, 0.2) is 40.9 Å². The molecule has 0 saturated carbocycles. The van der Waals surface area contributed by atoms with Crippen LogP contribution in [0.1, 0.15) is 32.3 Å². The van der Waals surface area contributed by atoms with Crippen LogP contribution in [-0.4, -0.2) is 46.8 Å². The Labute approximate surface area is 163 Å². The van der Waals surface area contributed by atoms with Crippen LogP contribution in [0, 0.1) is 0 Å². The highest BCUT2D eigenvalue weighted by molar-refractivity contribution is 8.02. The van der Waals surface area contributed by atoms with Crippen molar-refractivity contribution in [2.45, 2.75) is 39.3 Å². The predicted molar refractivity (Wildman–Crippen MR) is 104 cm³/mol. The third-order valence-corrected chi connectivity index (χ3v) is 5.58. The molecule has 0 aromatic heterocycles. The highest BCUT2D eigenvalue weighted by Crippen LogP contribution is 2.32. The van der Waals surface area contributed by atoms with Gasteiger partial charge < -0.3 is 10.2 Å². The van der Waals surface area contributed by atoms with Gasteiger partial charge in [-0.25, -0.2) is 9.52 Å². The van der Waals surface area contributed by atoms with Gasteiger partial charge in [-0.3, -0.25) is 14.5 Å². The molecule has 0 bridgehead atoms. The van der Waals surface area contributed by atoms with E-state index in [-0.39, 0.29) is 11.8 Å². The van der Waals surface area contributed by atoms with E-state index in [0.717, 1.165) is 30.4 Å². The predicted octanol–water partition coefficient (Wildman–Crippen LogP) is 2.22. The van der Waals surface area contributed by atoms with Gasteiger partial charge in [0.15, 0.2) is 0 Å². The maximum absolute atomic E-state index is 13.0. The number of hydrogen-bond acceptors (Lipinski definition) is 5. The lowest BCUT2D eigenvalue weighted by Gasteiger charge is -2.31. The Bertz CT molecular complexity index is 765. The summed E-state index contributed by atoms with van der Waals surface area (Å²) in [4.78, 5) is 41.3. The van der Waals surface area contributed by atoms with Gasteiger partial charge in [0.1, 0.15) is 10.9 Å². The third kappa shape index (κ3) is 4.01. The molecule has 4 amide bonds. The first-order valence-electron chi connectivity index (χ1n) is 9.18. The van der Waals surface area contributed by atoms with E-state index < -0.39 is 12.1 Å². The molecule has 0 aliphatic carbocycles. The number of rotatable bonds is 7. The summed E-state index contributed by atoms with van der Waals surface area (Å²) >= 11 is 1.12. The van der Waals surface area contributed by atoms with Crippen LogP contribution in [0.25, 0.3) is 0 Å². The van der Waals surface area contributed by atoms with Crippen molar-refractivity contribution < 1.29 is 14.4 Å². The fourth-order valence-corrected chi connectivity index (χ4v) is 4.02. The Balaban J connectivity index is 1.79. The van der Waals surface area contributed by atoms with E-state index in [1.165, 1.54) is 4.90 Å². The molecule has 1 aromatic carbocycles. The van der Waals surface area contributed by atoms with E-state index in [1.807, 2.05) is 44.2 Å². The minimum Gasteiger partial charge on any atom is -0.334 e. The van der Waals surface area contributed by atoms with Crippen molar-refractivity contribution in [3.63, 3.8) is 0 Å². The smallest absolute Gasteiger partial charge is 0.328 e. The van der Waals surface area contributed by atoms with Crippen molar-refractivity contribution >= 4 is 29.8 Å². The molecule has 2 heterocycles. The molecule has 0 spiro atoms. The Kier molecular flexibility index (Phi) is 6.18. The number of carbonyl (C=O) groups excluding carboxylic acids is 3. The summed E-state index contributed by atoms with van der Waals surface area (Å²) in [6.07, 6.45) is 1.64. The molecule has 144 valence electrons. The lowest BCUT2D eigenvalue weighted by atomic mass is 10.1. The minimum atomic E-state index is -0.682. The van der Waals surface area contributed by atoms with Crippen molar-refractivity contribution in [1.82, 2.24) is 19.8 Å². The Morgan fingerprint density at radius 3 is 2.63 bits per heavy atom. The molecule has 1 saturated heterocycles. The first-order chi connectivity index (χ1) is 13.1. The maximum Gasteiger partial charge on any atom is 0.328 e. The van der Waals surface area contributed by atoms with Gasteiger partial charge >= 0.3 is 6.03 Å². The normalized spacial score (nSPS) is 19.2. The molecule has 1 aromatic rings. The molecular formula is C19H24N4O3S. The standard InChI is InChI=1S/C19H24N4O3S/c1-3-5-11-23-17(24)15-14(20-19(23)26)16(27-21-15)18(25)22(4-2)12-13-9-7-6-8-10-13/h6-10,15,21H,3-5,11-12H2,1-2H3,(H,20,26). The SMILES string of the molecule is CCCCN1C(=O)NC2=C(C(=O)N(CC)Cc3ccccc3)SNC2C1=O. The van der Waals surface area contributed by atoms with E-state index in [0.29, 0.717) is 30.2 Å². The van der Waals surface area contributed by atoms with E-state index in [9.17, 15) is 14.4 Å². The molecule has 27 heavy (non-hydrogen) atoms. The van der Waals surface area contributed by atoms with E-state index >= 15 is 0 Å². The van der Waals surface area contributed by atoms with Crippen LogP contribution >= 0.6 is 11.9 Å². The average Bonchev–Trinajstić information content (AvgIpc) is 3.10. The third-order valence-electron chi connectivity index (χ3n) is 4.63. The zero-order valence-electron chi connectivity index (χ0n) is 15.5. The van der Waals surface area contributed by atoms with E-state index in [1.54, 1.807) is 4.90 Å². The monoisotopic (exact) mass is 388 g/mol. The lowest BCUT2D eigenvalue weighted by Crippen LogP contribution is -2.58. The number of unbranched alkanes of at least 4 members (excludes halogenated alkanes) is 1. The molecule has 8 heteroatoms. The Morgan fingerprint density at radius 2 is 1.96 bits per heavy atom. The second kappa shape index (κ2) is 8.58. The Hall–Kier alpha value is -2.32. The molecule has 1 fully saturated rings.